The van der Waals surface area contributed by atoms with Crippen molar-refractivity contribution in [2.75, 3.05) is 5.32 Å². The highest BCUT2D eigenvalue weighted by atomic mass is 35.5. The highest BCUT2D eigenvalue weighted by molar-refractivity contribution is 6.30. The quantitative estimate of drug-likeness (QED) is 0.785. The minimum Gasteiger partial charge on any atom is -0.304 e. The summed E-state index contributed by atoms with van der Waals surface area (Å²) in [4.78, 5) is 24.5. The number of nitrogens with one attached hydrogen (secondary N) is 1. The number of hydrogen-bond donors (Lipinski definition) is 1. The van der Waals surface area contributed by atoms with Gasteiger partial charge in [0, 0.05) is 6.20 Å². The molecule has 0 aliphatic heterocycles. The lowest BCUT2D eigenvalue weighted by atomic mass is 10.3. The summed E-state index contributed by atoms with van der Waals surface area (Å²) >= 11 is 5.73. The lowest BCUT2D eigenvalue weighted by Gasteiger charge is -2.04. The molecule has 0 fully saturated rings. The van der Waals surface area contributed by atoms with E-state index >= 15 is 0 Å². The molecule has 3 rings (SSSR count). The molecule has 0 atom stereocenters. The highest BCUT2D eigenvalue weighted by Crippen LogP contribution is 2.12. The fourth-order valence-corrected chi connectivity index (χ4v) is 1.82. The molecule has 20 heavy (non-hydrogen) atoms. The Morgan fingerprint density at radius 2 is 1.80 bits per heavy atom. The van der Waals surface area contributed by atoms with E-state index in [1.54, 1.807) is 12.1 Å². The molecule has 0 aliphatic rings. The zero-order chi connectivity index (χ0) is 13.9. The van der Waals surface area contributed by atoms with Gasteiger partial charge in [-0.1, -0.05) is 23.7 Å². The summed E-state index contributed by atoms with van der Waals surface area (Å²) in [6.45, 7) is 0. The van der Waals surface area contributed by atoms with Crippen LogP contribution in [-0.2, 0) is 0 Å². The Bertz CT molecular complexity index is 773. The minimum absolute atomic E-state index is 0.268. The van der Waals surface area contributed by atoms with Crippen molar-refractivity contribution in [2.45, 2.75) is 0 Å². The van der Waals surface area contributed by atoms with Gasteiger partial charge in [0.25, 0.3) is 5.91 Å². The molecular formula is C14H9ClN4O. The van der Waals surface area contributed by atoms with Crippen LogP contribution < -0.4 is 5.32 Å². The van der Waals surface area contributed by atoms with Gasteiger partial charge < -0.3 is 5.32 Å². The minimum atomic E-state index is -0.355. The van der Waals surface area contributed by atoms with Gasteiger partial charge in [-0.15, -0.1) is 0 Å². The molecule has 0 unspecified atom stereocenters. The smallest absolute Gasteiger partial charge is 0.275 e. The lowest BCUT2D eigenvalue weighted by Crippen LogP contribution is -2.14. The lowest BCUT2D eigenvalue weighted by molar-refractivity contribution is 0.102. The van der Waals surface area contributed by atoms with Crippen molar-refractivity contribution in [1.82, 2.24) is 15.0 Å². The fourth-order valence-electron chi connectivity index (χ4n) is 1.71. The van der Waals surface area contributed by atoms with Gasteiger partial charge in [-0.2, -0.15) is 0 Å². The van der Waals surface area contributed by atoms with Crippen LogP contribution in [0.5, 0.6) is 0 Å². The number of benzene rings is 1. The molecule has 5 nitrogen and oxygen atoms in total. The van der Waals surface area contributed by atoms with Crippen molar-refractivity contribution >= 4 is 34.4 Å². The molecular weight excluding hydrogens is 276 g/mol. The van der Waals surface area contributed by atoms with E-state index in [-0.39, 0.29) is 11.6 Å². The third kappa shape index (κ3) is 2.57. The van der Waals surface area contributed by atoms with Crippen LogP contribution in [0, 0.1) is 0 Å². The molecule has 6 heteroatoms. The Labute approximate surface area is 119 Å². The van der Waals surface area contributed by atoms with E-state index in [2.05, 4.69) is 20.3 Å². The molecule has 0 saturated carbocycles. The third-order valence-electron chi connectivity index (χ3n) is 2.65. The SMILES string of the molecule is O=C(Nc1cnc2ccccc2n1)c1ccc(Cl)cn1. The number of anilines is 1. The number of para-hydroxylation sites is 2. The maximum absolute atomic E-state index is 12.0. The first-order valence-electron chi connectivity index (χ1n) is 5.87. The zero-order valence-electron chi connectivity index (χ0n) is 10.2. The van der Waals surface area contributed by atoms with E-state index in [9.17, 15) is 4.79 Å². The van der Waals surface area contributed by atoms with Crippen LogP contribution in [0.2, 0.25) is 5.02 Å². The van der Waals surface area contributed by atoms with Crippen molar-refractivity contribution in [2.24, 2.45) is 0 Å². The number of carbonyl (C=O) groups is 1. The molecule has 1 amide bonds. The molecule has 0 bridgehead atoms. The maximum atomic E-state index is 12.0. The van der Waals surface area contributed by atoms with Crippen LogP contribution in [0.15, 0.2) is 48.8 Å². The second-order valence-corrected chi connectivity index (χ2v) is 4.50. The number of fused-ring (bicyclic) bond motifs is 1. The van der Waals surface area contributed by atoms with E-state index in [4.69, 9.17) is 11.6 Å². The standard InChI is InChI=1S/C14H9ClN4O/c15-9-5-6-12(16-7-9)14(20)19-13-8-17-10-3-1-2-4-11(10)18-13/h1-8H,(H,18,19,20). The summed E-state index contributed by atoms with van der Waals surface area (Å²) in [5, 5.41) is 3.13. The van der Waals surface area contributed by atoms with Crippen LogP contribution in [0.1, 0.15) is 10.5 Å². The average Bonchev–Trinajstić information content (AvgIpc) is 2.48. The number of hydrogen-bond acceptors (Lipinski definition) is 4. The van der Waals surface area contributed by atoms with Gasteiger partial charge in [-0.3, -0.25) is 9.78 Å². The van der Waals surface area contributed by atoms with Crippen molar-refractivity contribution in [3.63, 3.8) is 0 Å². The van der Waals surface area contributed by atoms with Crippen LogP contribution in [0.4, 0.5) is 5.82 Å². The number of aromatic nitrogens is 3. The highest BCUT2D eigenvalue weighted by Gasteiger charge is 2.09. The van der Waals surface area contributed by atoms with Crippen molar-refractivity contribution < 1.29 is 4.79 Å². The molecule has 2 aromatic heterocycles. The second kappa shape index (κ2) is 5.22. The van der Waals surface area contributed by atoms with Gasteiger partial charge in [-0.25, -0.2) is 9.97 Å². The Balaban J connectivity index is 1.85. The summed E-state index contributed by atoms with van der Waals surface area (Å²) < 4.78 is 0. The maximum Gasteiger partial charge on any atom is 0.275 e. The summed E-state index contributed by atoms with van der Waals surface area (Å²) in [6, 6.07) is 10.6. The van der Waals surface area contributed by atoms with Crippen molar-refractivity contribution in [3.05, 3.63) is 59.5 Å². The van der Waals surface area contributed by atoms with Crippen LogP contribution in [0.25, 0.3) is 11.0 Å². The Morgan fingerprint density at radius 1 is 1.00 bits per heavy atom. The predicted octanol–water partition coefficient (Wildman–Crippen LogP) is 2.93. The Hall–Kier alpha value is -2.53. The zero-order valence-corrected chi connectivity index (χ0v) is 11.0. The van der Waals surface area contributed by atoms with Gasteiger partial charge >= 0.3 is 0 Å². The van der Waals surface area contributed by atoms with Crippen molar-refractivity contribution in [1.29, 1.82) is 0 Å². The molecule has 1 N–H and O–H groups in total. The molecule has 98 valence electrons. The topological polar surface area (TPSA) is 67.8 Å². The number of amides is 1. The van der Waals surface area contributed by atoms with E-state index in [1.165, 1.54) is 12.4 Å². The van der Waals surface area contributed by atoms with E-state index in [0.717, 1.165) is 11.0 Å². The molecule has 0 saturated heterocycles. The Morgan fingerprint density at radius 3 is 2.55 bits per heavy atom. The summed E-state index contributed by atoms with van der Waals surface area (Å²) in [6.07, 6.45) is 2.93. The van der Waals surface area contributed by atoms with Crippen molar-refractivity contribution in [3.8, 4) is 0 Å². The van der Waals surface area contributed by atoms with Gasteiger partial charge in [0.05, 0.1) is 22.3 Å². The summed E-state index contributed by atoms with van der Waals surface area (Å²) in [5.41, 5.74) is 1.76. The van der Waals surface area contributed by atoms with Gasteiger partial charge in [0.1, 0.15) is 5.69 Å². The first-order valence-corrected chi connectivity index (χ1v) is 6.25. The molecule has 0 aliphatic carbocycles. The van der Waals surface area contributed by atoms with E-state index in [1.807, 2.05) is 24.3 Å². The monoisotopic (exact) mass is 284 g/mol. The first kappa shape index (κ1) is 12.5. The van der Waals surface area contributed by atoms with Gasteiger partial charge in [0.2, 0.25) is 0 Å². The number of rotatable bonds is 2. The van der Waals surface area contributed by atoms with Gasteiger partial charge in [-0.05, 0) is 24.3 Å². The molecule has 0 spiro atoms. The van der Waals surface area contributed by atoms with Crippen LogP contribution in [0.3, 0.4) is 0 Å². The number of pyridine rings is 1. The molecule has 1 aromatic carbocycles. The van der Waals surface area contributed by atoms with E-state index in [0.29, 0.717) is 10.8 Å². The number of nitrogens with zero attached hydrogens (tertiary/aromatic N) is 3. The molecule has 2 heterocycles. The normalized spacial score (nSPS) is 10.4. The number of carbonyl (C=O) groups excluding carboxylic acids is 1. The summed E-state index contributed by atoms with van der Waals surface area (Å²) in [5.74, 6) is 0.0247. The summed E-state index contributed by atoms with van der Waals surface area (Å²) in [7, 11) is 0. The second-order valence-electron chi connectivity index (χ2n) is 4.06. The average molecular weight is 285 g/mol. The predicted molar refractivity (Wildman–Crippen MR) is 76.7 cm³/mol. The Kier molecular flexibility index (Phi) is 3.26. The first-order chi connectivity index (χ1) is 9.72. The fraction of sp³-hybridized carbons (Fsp3) is 0. The van der Waals surface area contributed by atoms with Gasteiger partial charge in [0.15, 0.2) is 5.82 Å². The van der Waals surface area contributed by atoms with Crippen LogP contribution in [-0.4, -0.2) is 20.9 Å². The third-order valence-corrected chi connectivity index (χ3v) is 2.87. The van der Waals surface area contributed by atoms with E-state index < -0.39 is 0 Å². The largest absolute Gasteiger partial charge is 0.304 e. The molecule has 3 aromatic rings. The molecule has 0 radical (unpaired) electrons. The number of halogens is 1. The van der Waals surface area contributed by atoms with Crippen LogP contribution >= 0.6 is 11.6 Å².